The Labute approximate surface area is 114 Å². The fourth-order valence-electron chi connectivity index (χ4n) is 3.67. The predicted molar refractivity (Wildman–Crippen MR) is 80.2 cm³/mol. The zero-order valence-electron chi connectivity index (χ0n) is 13.0. The molecular formula is C16H34N2. The van der Waals surface area contributed by atoms with Crippen molar-refractivity contribution in [2.75, 3.05) is 0 Å². The summed E-state index contributed by atoms with van der Waals surface area (Å²) in [5.74, 6) is 7.38. The predicted octanol–water partition coefficient (Wildman–Crippen LogP) is 4.25. The van der Waals surface area contributed by atoms with Gasteiger partial charge in [-0.25, -0.2) is 0 Å². The molecule has 0 spiro atoms. The number of rotatable bonds is 5. The van der Waals surface area contributed by atoms with Crippen molar-refractivity contribution >= 4 is 0 Å². The topological polar surface area (TPSA) is 38.0 Å². The summed E-state index contributed by atoms with van der Waals surface area (Å²) in [7, 11) is 0. The number of nitrogens with two attached hydrogens (primary N) is 1. The van der Waals surface area contributed by atoms with Gasteiger partial charge >= 0.3 is 0 Å². The van der Waals surface area contributed by atoms with Crippen LogP contribution < -0.4 is 11.3 Å². The van der Waals surface area contributed by atoms with Gasteiger partial charge in [0.15, 0.2) is 0 Å². The van der Waals surface area contributed by atoms with Crippen molar-refractivity contribution in [2.45, 2.75) is 85.1 Å². The Bertz CT molecular complexity index is 212. The average Bonchev–Trinajstić information content (AvgIpc) is 2.51. The molecule has 0 amide bonds. The summed E-state index contributed by atoms with van der Waals surface area (Å²) in [6.45, 7) is 9.38. The van der Waals surface area contributed by atoms with Gasteiger partial charge in [0, 0.05) is 6.04 Å². The van der Waals surface area contributed by atoms with E-state index in [1.165, 1.54) is 51.4 Å². The Morgan fingerprint density at radius 3 is 2.11 bits per heavy atom. The van der Waals surface area contributed by atoms with E-state index in [0.29, 0.717) is 11.5 Å². The summed E-state index contributed by atoms with van der Waals surface area (Å²) in [5.41, 5.74) is 3.55. The van der Waals surface area contributed by atoms with Crippen molar-refractivity contribution in [2.24, 2.45) is 23.1 Å². The fraction of sp³-hybridized carbons (Fsp3) is 1.00. The van der Waals surface area contributed by atoms with Crippen LogP contribution >= 0.6 is 0 Å². The van der Waals surface area contributed by atoms with Gasteiger partial charge in [-0.3, -0.25) is 11.3 Å². The first-order valence-electron chi connectivity index (χ1n) is 7.88. The van der Waals surface area contributed by atoms with E-state index < -0.39 is 0 Å². The molecule has 3 N–H and O–H groups in total. The first-order valence-corrected chi connectivity index (χ1v) is 7.88. The third-order valence-electron chi connectivity index (χ3n) is 4.30. The molecular weight excluding hydrogens is 220 g/mol. The molecule has 1 saturated carbocycles. The van der Waals surface area contributed by atoms with Gasteiger partial charge in [-0.1, -0.05) is 53.4 Å². The third-order valence-corrected chi connectivity index (χ3v) is 4.30. The molecule has 1 rings (SSSR count). The number of hydrogen-bond acceptors (Lipinski definition) is 2. The van der Waals surface area contributed by atoms with E-state index in [4.69, 9.17) is 5.84 Å². The van der Waals surface area contributed by atoms with E-state index >= 15 is 0 Å². The van der Waals surface area contributed by atoms with E-state index in [-0.39, 0.29) is 0 Å². The molecule has 1 aliphatic carbocycles. The third kappa shape index (κ3) is 6.19. The highest BCUT2D eigenvalue weighted by molar-refractivity contribution is 4.80. The fourth-order valence-corrected chi connectivity index (χ4v) is 3.67. The molecule has 0 radical (unpaired) electrons. The van der Waals surface area contributed by atoms with Gasteiger partial charge in [0.25, 0.3) is 0 Å². The lowest BCUT2D eigenvalue weighted by Gasteiger charge is -2.30. The van der Waals surface area contributed by atoms with Gasteiger partial charge < -0.3 is 0 Å². The molecule has 2 atom stereocenters. The Kier molecular flexibility index (Phi) is 6.65. The highest BCUT2D eigenvalue weighted by Gasteiger charge is 2.25. The van der Waals surface area contributed by atoms with Crippen LogP contribution in [0.25, 0.3) is 0 Å². The molecule has 0 saturated heterocycles. The van der Waals surface area contributed by atoms with Crippen LogP contribution in [0.3, 0.4) is 0 Å². The molecule has 1 fully saturated rings. The van der Waals surface area contributed by atoms with Crippen LogP contribution in [-0.2, 0) is 0 Å². The average molecular weight is 254 g/mol. The van der Waals surface area contributed by atoms with Crippen molar-refractivity contribution in [3.05, 3.63) is 0 Å². The maximum Gasteiger partial charge on any atom is 0.0241 e. The van der Waals surface area contributed by atoms with Crippen molar-refractivity contribution in [3.8, 4) is 0 Å². The van der Waals surface area contributed by atoms with Crippen LogP contribution in [0.4, 0.5) is 0 Å². The summed E-state index contributed by atoms with van der Waals surface area (Å²) in [4.78, 5) is 0. The molecule has 2 heteroatoms. The smallest absolute Gasteiger partial charge is 0.0241 e. The molecule has 0 aromatic rings. The van der Waals surface area contributed by atoms with Crippen molar-refractivity contribution in [1.82, 2.24) is 5.43 Å². The second-order valence-electron chi connectivity index (χ2n) is 7.63. The first kappa shape index (κ1) is 16.0. The molecule has 18 heavy (non-hydrogen) atoms. The van der Waals surface area contributed by atoms with Gasteiger partial charge in [-0.2, -0.15) is 0 Å². The van der Waals surface area contributed by atoms with Crippen molar-refractivity contribution < 1.29 is 0 Å². The van der Waals surface area contributed by atoms with Crippen LogP contribution in [-0.4, -0.2) is 6.04 Å². The zero-order chi connectivity index (χ0) is 13.6. The van der Waals surface area contributed by atoms with E-state index in [2.05, 4.69) is 33.1 Å². The minimum atomic E-state index is 0.433. The van der Waals surface area contributed by atoms with E-state index in [1.54, 1.807) is 0 Å². The van der Waals surface area contributed by atoms with Gasteiger partial charge in [0.05, 0.1) is 0 Å². The molecule has 0 aromatic heterocycles. The van der Waals surface area contributed by atoms with Crippen LogP contribution in [0.5, 0.6) is 0 Å². The summed E-state index contributed by atoms with van der Waals surface area (Å²) in [5, 5.41) is 0. The normalized spacial score (nSPS) is 22.5. The van der Waals surface area contributed by atoms with E-state index in [9.17, 15) is 0 Å². The summed E-state index contributed by atoms with van der Waals surface area (Å²) < 4.78 is 0. The molecule has 0 aliphatic heterocycles. The maximum atomic E-state index is 5.82. The summed E-state index contributed by atoms with van der Waals surface area (Å²) in [6, 6.07) is 0.528. The van der Waals surface area contributed by atoms with Crippen molar-refractivity contribution in [1.29, 1.82) is 0 Å². The van der Waals surface area contributed by atoms with Crippen LogP contribution in [0.2, 0.25) is 0 Å². The van der Waals surface area contributed by atoms with E-state index in [0.717, 1.165) is 11.8 Å². The van der Waals surface area contributed by atoms with Crippen LogP contribution in [0, 0.1) is 17.3 Å². The molecule has 2 nitrogen and oxygen atoms in total. The van der Waals surface area contributed by atoms with Crippen molar-refractivity contribution in [3.63, 3.8) is 0 Å². The minimum Gasteiger partial charge on any atom is -0.271 e. The van der Waals surface area contributed by atoms with Gasteiger partial charge in [-0.05, 0) is 42.9 Å². The molecule has 108 valence electrons. The highest BCUT2D eigenvalue weighted by atomic mass is 15.2. The second kappa shape index (κ2) is 7.49. The zero-order valence-corrected chi connectivity index (χ0v) is 13.0. The molecule has 0 aromatic carbocycles. The Hall–Kier alpha value is -0.0800. The first-order chi connectivity index (χ1) is 8.42. The second-order valence-corrected chi connectivity index (χ2v) is 7.63. The lowest BCUT2D eigenvalue weighted by atomic mass is 9.80. The lowest BCUT2D eigenvalue weighted by molar-refractivity contribution is 0.232. The lowest BCUT2D eigenvalue weighted by Crippen LogP contribution is -2.42. The molecule has 1 aliphatic rings. The molecule has 0 heterocycles. The van der Waals surface area contributed by atoms with Gasteiger partial charge in [-0.15, -0.1) is 0 Å². The maximum absolute atomic E-state index is 5.82. The quantitative estimate of drug-likeness (QED) is 0.437. The Morgan fingerprint density at radius 2 is 1.67 bits per heavy atom. The standard InChI is InChI=1S/C16H34N2/c1-13(12-16(2,3)4)11-15(18-17)14-9-7-5-6-8-10-14/h13-15,18H,5-12,17H2,1-4H3. The number of hydrazine groups is 1. The Balaban J connectivity index is 2.44. The minimum absolute atomic E-state index is 0.433. The van der Waals surface area contributed by atoms with Crippen LogP contribution in [0.15, 0.2) is 0 Å². The SMILES string of the molecule is CC(CC(NN)C1CCCCCC1)CC(C)(C)C. The van der Waals surface area contributed by atoms with E-state index in [1.807, 2.05) is 0 Å². The highest BCUT2D eigenvalue weighted by Crippen LogP contribution is 2.31. The molecule has 0 bridgehead atoms. The summed E-state index contributed by atoms with van der Waals surface area (Å²) >= 11 is 0. The Morgan fingerprint density at radius 1 is 1.11 bits per heavy atom. The monoisotopic (exact) mass is 254 g/mol. The number of nitrogens with one attached hydrogen (secondary N) is 1. The summed E-state index contributed by atoms with van der Waals surface area (Å²) in [6.07, 6.45) is 10.9. The largest absolute Gasteiger partial charge is 0.271 e. The van der Waals surface area contributed by atoms with Gasteiger partial charge in [0.2, 0.25) is 0 Å². The van der Waals surface area contributed by atoms with Crippen LogP contribution in [0.1, 0.15) is 79.1 Å². The molecule has 2 unspecified atom stereocenters. The van der Waals surface area contributed by atoms with Gasteiger partial charge in [0.1, 0.15) is 0 Å². The number of hydrogen-bond donors (Lipinski definition) is 2.